The van der Waals surface area contributed by atoms with E-state index in [4.69, 9.17) is 25.7 Å². The van der Waals surface area contributed by atoms with Gasteiger partial charge in [0.1, 0.15) is 23.9 Å². The molecule has 41 heavy (non-hydrogen) atoms. The first-order valence-electron chi connectivity index (χ1n) is 13.5. The first-order valence-corrected chi connectivity index (χ1v) is 15.0. The van der Waals surface area contributed by atoms with Crippen LogP contribution in [-0.4, -0.2) is 82.3 Å². The number of hydrogen-bond acceptors (Lipinski definition) is 8. The van der Waals surface area contributed by atoms with Gasteiger partial charge in [-0.15, -0.1) is 0 Å². The zero-order chi connectivity index (χ0) is 30.2. The lowest BCUT2D eigenvalue weighted by Crippen LogP contribution is -2.52. The highest BCUT2D eigenvalue weighted by Gasteiger charge is 2.33. The molecule has 1 fully saturated rings. The monoisotopic (exact) mass is 591 g/mol. The number of ether oxygens (including phenoxy) is 3. The van der Waals surface area contributed by atoms with Gasteiger partial charge in [-0.05, 0) is 81.5 Å². The summed E-state index contributed by atoms with van der Waals surface area (Å²) in [5.74, 6) is -0.693. The topological polar surface area (TPSA) is 176 Å². The average molecular weight is 592 g/mol. The van der Waals surface area contributed by atoms with Gasteiger partial charge in [-0.2, -0.15) is 4.72 Å². The van der Waals surface area contributed by atoms with Crippen LogP contribution in [0.25, 0.3) is 10.8 Å². The van der Waals surface area contributed by atoms with Crippen LogP contribution < -0.4 is 20.9 Å². The number of hydrogen-bond donors (Lipinski definition) is 3. The van der Waals surface area contributed by atoms with Crippen molar-refractivity contribution in [2.45, 2.75) is 69.1 Å². The molecule has 2 atom stereocenters. The van der Waals surface area contributed by atoms with E-state index in [1.54, 1.807) is 39.0 Å². The van der Waals surface area contributed by atoms with Gasteiger partial charge in [-0.1, -0.05) is 12.1 Å². The molecule has 2 aromatic rings. The van der Waals surface area contributed by atoms with Crippen molar-refractivity contribution >= 4 is 38.6 Å². The number of aliphatic imine (C=N–C) groups is 1. The summed E-state index contributed by atoms with van der Waals surface area (Å²) in [6.45, 7) is 5.73. The Hall–Kier alpha value is -3.42. The normalized spacial score (nSPS) is 16.2. The number of rotatable bonds is 13. The van der Waals surface area contributed by atoms with Crippen LogP contribution in [0, 0.1) is 0 Å². The van der Waals surface area contributed by atoms with Crippen molar-refractivity contribution in [1.29, 1.82) is 0 Å². The van der Waals surface area contributed by atoms with Crippen molar-refractivity contribution in [3.05, 3.63) is 36.4 Å². The Morgan fingerprint density at radius 2 is 1.90 bits per heavy atom. The van der Waals surface area contributed by atoms with Crippen LogP contribution in [0.2, 0.25) is 0 Å². The smallest absolute Gasteiger partial charge is 0.326 e. The van der Waals surface area contributed by atoms with E-state index in [9.17, 15) is 18.0 Å². The summed E-state index contributed by atoms with van der Waals surface area (Å²) in [4.78, 5) is 31.9. The van der Waals surface area contributed by atoms with Crippen LogP contribution in [0.4, 0.5) is 0 Å². The number of benzene rings is 2. The number of amides is 1. The number of nitrogens with zero attached hydrogens (tertiary/aromatic N) is 2. The van der Waals surface area contributed by atoms with Crippen LogP contribution in [0.5, 0.6) is 5.75 Å². The van der Waals surface area contributed by atoms with Gasteiger partial charge in [-0.3, -0.25) is 14.6 Å². The molecule has 13 heteroatoms. The predicted molar refractivity (Wildman–Crippen MR) is 156 cm³/mol. The van der Waals surface area contributed by atoms with E-state index in [2.05, 4.69) is 9.71 Å². The number of sulfonamides is 1. The molecule has 226 valence electrons. The number of nitrogens with two attached hydrogens (primary N) is 2. The van der Waals surface area contributed by atoms with Crippen molar-refractivity contribution in [2.24, 2.45) is 16.5 Å². The van der Waals surface area contributed by atoms with Crippen LogP contribution in [0.3, 0.4) is 0 Å². The molecule has 0 aliphatic carbocycles. The molecule has 1 saturated heterocycles. The summed E-state index contributed by atoms with van der Waals surface area (Å²) in [6.07, 6.45) is 1.69. The number of esters is 1. The third-order valence-electron chi connectivity index (χ3n) is 6.37. The Labute approximate surface area is 241 Å². The lowest BCUT2D eigenvalue weighted by molar-refractivity contribution is -0.159. The van der Waals surface area contributed by atoms with Crippen molar-refractivity contribution in [2.75, 3.05) is 33.4 Å². The maximum Gasteiger partial charge on any atom is 0.326 e. The van der Waals surface area contributed by atoms with Gasteiger partial charge in [0.05, 0.1) is 18.1 Å². The minimum atomic E-state index is -4.16. The first kappa shape index (κ1) is 32.1. The Morgan fingerprint density at radius 1 is 1.17 bits per heavy atom. The summed E-state index contributed by atoms with van der Waals surface area (Å²) in [7, 11) is -2.63. The predicted octanol–water partition coefficient (Wildman–Crippen LogP) is 1.90. The molecule has 1 unspecified atom stereocenters. The number of carbonyl (C=O) groups excluding carboxylic acids is 2. The number of guanidine groups is 1. The number of carbonyl (C=O) groups is 2. The molecule has 3 rings (SSSR count). The third kappa shape index (κ3) is 9.87. The van der Waals surface area contributed by atoms with Gasteiger partial charge in [0.25, 0.3) is 0 Å². The van der Waals surface area contributed by atoms with Gasteiger partial charge < -0.3 is 30.6 Å². The van der Waals surface area contributed by atoms with Crippen molar-refractivity contribution in [3.63, 3.8) is 0 Å². The van der Waals surface area contributed by atoms with E-state index >= 15 is 0 Å². The van der Waals surface area contributed by atoms with E-state index in [-0.39, 0.29) is 43.0 Å². The molecular formula is C28H41N5O7S. The molecule has 1 aliphatic heterocycles. The highest BCUT2D eigenvalue weighted by atomic mass is 32.2. The minimum Gasteiger partial charge on any atom is -0.497 e. The summed E-state index contributed by atoms with van der Waals surface area (Å²) in [5, 5.41) is 1.49. The summed E-state index contributed by atoms with van der Waals surface area (Å²) in [6, 6.07) is 8.83. The fourth-order valence-corrected chi connectivity index (χ4v) is 5.76. The Bertz CT molecular complexity index is 1350. The Kier molecular flexibility index (Phi) is 10.9. The van der Waals surface area contributed by atoms with Crippen molar-refractivity contribution in [3.8, 4) is 5.75 Å². The van der Waals surface area contributed by atoms with Gasteiger partial charge >= 0.3 is 5.97 Å². The summed E-state index contributed by atoms with van der Waals surface area (Å²) >= 11 is 0. The Balaban J connectivity index is 1.90. The Morgan fingerprint density at radius 3 is 2.54 bits per heavy atom. The molecule has 0 aromatic heterocycles. The van der Waals surface area contributed by atoms with Crippen LogP contribution in [0.1, 0.15) is 46.5 Å². The van der Waals surface area contributed by atoms with E-state index in [1.807, 2.05) is 6.07 Å². The number of methoxy groups -OCH3 is 1. The summed E-state index contributed by atoms with van der Waals surface area (Å²) < 4.78 is 46.1. The molecule has 1 heterocycles. The SMILES string of the molecule is COc1ccc2ccc(S(=O)(=O)N[C@@H](CCCN=C(N)N)C(=O)N(CC(=O)OC(C)(C)C)CC3CCCO3)cc2c1. The molecule has 12 nitrogen and oxygen atoms in total. The second-order valence-corrected chi connectivity index (χ2v) is 12.7. The van der Waals surface area contributed by atoms with Crippen molar-refractivity contribution in [1.82, 2.24) is 9.62 Å². The second-order valence-electron chi connectivity index (χ2n) is 10.9. The number of nitrogens with one attached hydrogen (secondary N) is 1. The fraction of sp³-hybridized carbons (Fsp3) is 0.536. The lowest BCUT2D eigenvalue weighted by atomic mass is 10.1. The molecular weight excluding hydrogens is 550 g/mol. The summed E-state index contributed by atoms with van der Waals surface area (Å²) in [5.41, 5.74) is 10.1. The maximum absolute atomic E-state index is 13.9. The molecule has 0 radical (unpaired) electrons. The zero-order valence-corrected chi connectivity index (χ0v) is 24.9. The lowest BCUT2D eigenvalue weighted by Gasteiger charge is -2.30. The van der Waals surface area contributed by atoms with Crippen LogP contribution >= 0.6 is 0 Å². The van der Waals surface area contributed by atoms with E-state index in [0.717, 1.165) is 18.2 Å². The molecule has 5 N–H and O–H groups in total. The second kappa shape index (κ2) is 14.0. The average Bonchev–Trinajstić information content (AvgIpc) is 3.41. The van der Waals surface area contributed by atoms with Gasteiger partial charge in [0.2, 0.25) is 15.9 Å². The molecule has 2 aromatic carbocycles. The fourth-order valence-electron chi connectivity index (χ4n) is 4.51. The molecule has 1 amide bonds. The van der Waals surface area contributed by atoms with Gasteiger partial charge in [0.15, 0.2) is 5.96 Å². The molecule has 1 aliphatic rings. The maximum atomic E-state index is 13.9. The standard InChI is InChI=1S/C28H41N5O7S/c1-28(2,3)40-25(34)18-33(17-22-7-6-14-39-22)26(35)24(8-5-13-31-27(29)30)32-41(36,37)23-12-10-19-9-11-21(38-4)15-20(19)16-23/h9-12,15-16,22,24,32H,5-8,13-14,17-18H2,1-4H3,(H4,29,30,31)/t22?,24-/m0/s1. The third-order valence-corrected chi connectivity index (χ3v) is 7.84. The quantitative estimate of drug-likeness (QED) is 0.136. The highest BCUT2D eigenvalue weighted by molar-refractivity contribution is 7.89. The number of fused-ring (bicyclic) bond motifs is 1. The van der Waals surface area contributed by atoms with E-state index in [0.29, 0.717) is 24.2 Å². The molecule has 0 saturated carbocycles. The zero-order valence-electron chi connectivity index (χ0n) is 24.1. The minimum absolute atomic E-state index is 0.0157. The highest BCUT2D eigenvalue weighted by Crippen LogP contribution is 2.24. The van der Waals surface area contributed by atoms with E-state index < -0.39 is 33.5 Å². The molecule has 0 bridgehead atoms. The van der Waals surface area contributed by atoms with Gasteiger partial charge in [0, 0.05) is 19.7 Å². The first-order chi connectivity index (χ1) is 19.3. The van der Waals surface area contributed by atoms with Gasteiger partial charge in [-0.25, -0.2) is 8.42 Å². The van der Waals surface area contributed by atoms with Crippen molar-refractivity contribution < 1.29 is 32.2 Å². The van der Waals surface area contributed by atoms with Crippen LogP contribution in [0.15, 0.2) is 46.3 Å². The largest absolute Gasteiger partial charge is 0.497 e. The van der Waals surface area contributed by atoms with E-state index in [1.165, 1.54) is 24.1 Å². The van der Waals surface area contributed by atoms with Crippen LogP contribution in [-0.2, 0) is 29.1 Å². The molecule has 0 spiro atoms.